The number of hydrogen-bond donors (Lipinski definition) is 1. The van der Waals surface area contributed by atoms with E-state index in [1.807, 2.05) is 0 Å². The molecule has 0 bridgehead atoms. The summed E-state index contributed by atoms with van der Waals surface area (Å²) in [6.45, 7) is 6.40. The Labute approximate surface area is 137 Å². The smallest absolute Gasteiger partial charge is 0.342 e. The minimum Gasteiger partial charge on any atom is -0.465 e. The van der Waals surface area contributed by atoms with E-state index in [0.29, 0.717) is 23.2 Å². The second-order valence-corrected chi connectivity index (χ2v) is 5.38. The highest BCUT2D eigenvalue weighted by Gasteiger charge is 2.25. The Morgan fingerprint density at radius 3 is 2.38 bits per heavy atom. The number of esters is 1. The van der Waals surface area contributed by atoms with Crippen molar-refractivity contribution in [2.24, 2.45) is 0 Å². The maximum absolute atomic E-state index is 13.5. The summed E-state index contributed by atoms with van der Waals surface area (Å²) in [4.78, 5) is 24.2. The van der Waals surface area contributed by atoms with Crippen molar-refractivity contribution in [1.29, 1.82) is 0 Å². The Hall–Kier alpha value is -2.70. The highest BCUT2D eigenvalue weighted by molar-refractivity contribution is 5.98. The Morgan fingerprint density at radius 1 is 1.17 bits per heavy atom. The number of hydrogen-bond acceptors (Lipinski definition) is 4. The summed E-state index contributed by atoms with van der Waals surface area (Å²) in [5, 5.41) is 2.25. The van der Waals surface area contributed by atoms with Crippen molar-refractivity contribution in [1.82, 2.24) is 0 Å². The van der Waals surface area contributed by atoms with E-state index in [4.69, 9.17) is 9.15 Å². The van der Waals surface area contributed by atoms with Crippen LogP contribution in [-0.2, 0) is 9.53 Å². The number of ether oxygens (including phenoxy) is 1. The van der Waals surface area contributed by atoms with Crippen molar-refractivity contribution in [2.75, 3.05) is 5.32 Å². The number of carbonyl (C=O) groups is 2. The van der Waals surface area contributed by atoms with Crippen molar-refractivity contribution in [3.8, 4) is 0 Å². The lowest BCUT2D eigenvalue weighted by molar-refractivity contribution is -0.123. The zero-order valence-electron chi connectivity index (χ0n) is 13.7. The van der Waals surface area contributed by atoms with Gasteiger partial charge in [-0.1, -0.05) is 0 Å². The SMILES string of the molecule is Cc1oc(C)c(C(=O)O[C@@H](C)C(=O)Nc2ccc(F)cc2F)c1C. The van der Waals surface area contributed by atoms with E-state index in [2.05, 4.69) is 5.32 Å². The summed E-state index contributed by atoms with van der Waals surface area (Å²) >= 11 is 0. The van der Waals surface area contributed by atoms with Gasteiger partial charge in [-0.15, -0.1) is 0 Å². The van der Waals surface area contributed by atoms with Crippen molar-refractivity contribution >= 4 is 17.6 Å². The first-order chi connectivity index (χ1) is 11.2. The Kier molecular flexibility index (Phi) is 5.02. The molecule has 1 amide bonds. The molecule has 1 N–H and O–H groups in total. The number of carbonyl (C=O) groups excluding carboxylic acids is 2. The first-order valence-electron chi connectivity index (χ1n) is 7.24. The van der Waals surface area contributed by atoms with E-state index < -0.39 is 29.6 Å². The quantitative estimate of drug-likeness (QED) is 0.865. The predicted octanol–water partition coefficient (Wildman–Crippen LogP) is 3.67. The van der Waals surface area contributed by atoms with Crippen molar-refractivity contribution < 1.29 is 27.5 Å². The van der Waals surface area contributed by atoms with E-state index in [1.165, 1.54) is 6.92 Å². The standard InChI is InChI=1S/C17H17F2NO4/c1-8-9(2)23-10(3)15(8)17(22)24-11(4)16(21)20-14-6-5-12(18)7-13(14)19/h5-7,11H,1-4H3,(H,20,21)/t11-/m0/s1. The fraction of sp³-hybridized carbons (Fsp3) is 0.294. The lowest BCUT2D eigenvalue weighted by Crippen LogP contribution is -2.30. The third kappa shape index (κ3) is 3.61. The number of amides is 1. The molecule has 0 aliphatic carbocycles. The van der Waals surface area contributed by atoms with E-state index in [1.54, 1.807) is 20.8 Å². The molecule has 2 aromatic rings. The van der Waals surface area contributed by atoms with Gasteiger partial charge in [0, 0.05) is 11.6 Å². The highest BCUT2D eigenvalue weighted by atomic mass is 19.1. The molecule has 128 valence electrons. The zero-order chi connectivity index (χ0) is 18.0. The second kappa shape index (κ2) is 6.82. The second-order valence-electron chi connectivity index (χ2n) is 5.38. The summed E-state index contributed by atoms with van der Waals surface area (Å²) in [7, 11) is 0. The fourth-order valence-corrected chi connectivity index (χ4v) is 2.19. The van der Waals surface area contributed by atoms with Gasteiger partial charge in [0.15, 0.2) is 6.10 Å². The number of aryl methyl sites for hydroxylation is 2. The number of halogens is 2. The number of rotatable bonds is 4. The van der Waals surface area contributed by atoms with Gasteiger partial charge in [-0.2, -0.15) is 0 Å². The normalized spacial score (nSPS) is 11.9. The van der Waals surface area contributed by atoms with Gasteiger partial charge in [-0.3, -0.25) is 4.79 Å². The molecule has 0 spiro atoms. The molecule has 0 unspecified atom stereocenters. The first kappa shape index (κ1) is 17.7. The molecule has 24 heavy (non-hydrogen) atoms. The van der Waals surface area contributed by atoms with E-state index in [-0.39, 0.29) is 11.3 Å². The van der Waals surface area contributed by atoms with Crippen LogP contribution in [-0.4, -0.2) is 18.0 Å². The van der Waals surface area contributed by atoms with Gasteiger partial charge in [-0.25, -0.2) is 13.6 Å². The molecule has 0 saturated carbocycles. The van der Waals surface area contributed by atoms with E-state index in [0.717, 1.165) is 12.1 Å². The molecule has 0 saturated heterocycles. The topological polar surface area (TPSA) is 68.5 Å². The van der Waals surface area contributed by atoms with Crippen molar-refractivity contribution in [2.45, 2.75) is 33.8 Å². The van der Waals surface area contributed by atoms with Crippen LogP contribution in [0.25, 0.3) is 0 Å². The molecule has 7 heteroatoms. The molecule has 1 atom stereocenters. The molecule has 0 fully saturated rings. The van der Waals surface area contributed by atoms with Crippen LogP contribution in [0.1, 0.15) is 34.4 Å². The fourth-order valence-electron chi connectivity index (χ4n) is 2.19. The number of anilines is 1. The summed E-state index contributed by atoms with van der Waals surface area (Å²) in [5.74, 6) is -2.13. The van der Waals surface area contributed by atoms with Crippen LogP contribution in [0.4, 0.5) is 14.5 Å². The Morgan fingerprint density at radius 2 is 1.83 bits per heavy atom. The average molecular weight is 337 g/mol. The minimum atomic E-state index is -1.17. The molecular formula is C17H17F2NO4. The monoisotopic (exact) mass is 337 g/mol. The maximum Gasteiger partial charge on any atom is 0.342 e. The summed E-state index contributed by atoms with van der Waals surface area (Å²) in [6.07, 6.45) is -1.17. The average Bonchev–Trinajstić information content (AvgIpc) is 2.74. The Bertz CT molecular complexity index is 798. The molecular weight excluding hydrogens is 320 g/mol. The van der Waals surface area contributed by atoms with Gasteiger partial charge in [-0.05, 0) is 39.8 Å². The van der Waals surface area contributed by atoms with Crippen LogP contribution in [0.15, 0.2) is 22.6 Å². The molecule has 1 aromatic carbocycles. The lowest BCUT2D eigenvalue weighted by atomic mass is 10.1. The van der Waals surface area contributed by atoms with Crippen molar-refractivity contribution in [3.05, 3.63) is 52.5 Å². The summed E-state index contributed by atoms with van der Waals surface area (Å²) < 4.78 is 36.8. The first-order valence-corrected chi connectivity index (χ1v) is 7.24. The maximum atomic E-state index is 13.5. The van der Waals surface area contributed by atoms with Gasteiger partial charge < -0.3 is 14.5 Å². The summed E-state index contributed by atoms with van der Waals surface area (Å²) in [6, 6.07) is 2.74. The van der Waals surface area contributed by atoms with Crippen LogP contribution in [0.5, 0.6) is 0 Å². The van der Waals surface area contributed by atoms with Crippen LogP contribution < -0.4 is 5.32 Å². The number of furan rings is 1. The molecule has 0 aliphatic rings. The van der Waals surface area contributed by atoms with Gasteiger partial charge in [0.1, 0.15) is 28.7 Å². The van der Waals surface area contributed by atoms with Crippen molar-refractivity contribution in [3.63, 3.8) is 0 Å². The van der Waals surface area contributed by atoms with E-state index >= 15 is 0 Å². The largest absolute Gasteiger partial charge is 0.465 e. The molecule has 1 heterocycles. The van der Waals surface area contributed by atoms with Crippen LogP contribution in [0.3, 0.4) is 0 Å². The third-order valence-electron chi connectivity index (χ3n) is 3.61. The summed E-state index contributed by atoms with van der Waals surface area (Å²) in [5.41, 5.74) is 0.700. The number of benzene rings is 1. The molecule has 5 nitrogen and oxygen atoms in total. The van der Waals surface area contributed by atoms with Crippen LogP contribution in [0.2, 0.25) is 0 Å². The third-order valence-corrected chi connectivity index (χ3v) is 3.61. The van der Waals surface area contributed by atoms with Crippen LogP contribution >= 0.6 is 0 Å². The molecule has 0 aliphatic heterocycles. The predicted molar refractivity (Wildman–Crippen MR) is 82.8 cm³/mol. The van der Waals surface area contributed by atoms with E-state index in [9.17, 15) is 18.4 Å². The Balaban J connectivity index is 2.07. The molecule has 2 rings (SSSR count). The van der Waals surface area contributed by atoms with Gasteiger partial charge in [0.2, 0.25) is 0 Å². The van der Waals surface area contributed by atoms with Crippen LogP contribution in [0, 0.1) is 32.4 Å². The van der Waals surface area contributed by atoms with Gasteiger partial charge in [0.25, 0.3) is 5.91 Å². The lowest BCUT2D eigenvalue weighted by Gasteiger charge is -2.14. The number of nitrogens with one attached hydrogen (secondary N) is 1. The zero-order valence-corrected chi connectivity index (χ0v) is 13.7. The molecule has 1 aromatic heterocycles. The van der Waals surface area contributed by atoms with Gasteiger partial charge >= 0.3 is 5.97 Å². The highest BCUT2D eigenvalue weighted by Crippen LogP contribution is 2.22. The van der Waals surface area contributed by atoms with Gasteiger partial charge in [0.05, 0.1) is 5.69 Å². The minimum absolute atomic E-state index is 0.198. The molecule has 0 radical (unpaired) electrons.